The quantitative estimate of drug-likeness (QED) is 0.0435. The van der Waals surface area contributed by atoms with Gasteiger partial charge in [0.2, 0.25) is 23.7 Å². The molecule has 0 fully saturated rings. The topological polar surface area (TPSA) is 234 Å². The van der Waals surface area contributed by atoms with Crippen molar-refractivity contribution in [1.29, 1.82) is 0 Å². The lowest BCUT2D eigenvalue weighted by Gasteiger charge is -2.36. The molecule has 4 amide bonds. The van der Waals surface area contributed by atoms with Crippen molar-refractivity contribution in [2.75, 3.05) is 23.8 Å². The number of ether oxygens (including phenoxy) is 1. The van der Waals surface area contributed by atoms with E-state index in [0.29, 0.717) is 76.7 Å². The molecule has 4 heterocycles. The smallest absolute Gasteiger partial charge is 0.276 e. The van der Waals surface area contributed by atoms with Gasteiger partial charge in [0.15, 0.2) is 8.32 Å². The van der Waals surface area contributed by atoms with Crippen molar-refractivity contribution >= 4 is 65.9 Å². The fourth-order valence-corrected chi connectivity index (χ4v) is 7.82. The standard InChI is InChI=1S/C43H56N12O6Si/c1-10-54-33(21-26(3)50-54)39(58)48-41-46-30-23-28(37(44)56)15-16-32(30)52(41)17-12-13-18-53-36-31(47-42(53)49-40(59)34-22-27(4)51-55(34)11-2)24-29(38(45)57)25-35(36)60-19-14-20-61-62(8,9)43(5,6)7/h12-13,15-16,21-25H,10-11,14,17-20H2,1-9H3,(H2,44,56)(H2,45,57)(H,46,48,58)(H,47,49,59). The fourth-order valence-electron chi connectivity index (χ4n) is 6.73. The number of amides is 4. The molecule has 0 aliphatic rings. The Balaban J connectivity index is 1.35. The average Bonchev–Trinajstić information content (AvgIpc) is 3.97. The number of imidazole rings is 2. The Morgan fingerprint density at radius 1 is 0.742 bits per heavy atom. The van der Waals surface area contributed by atoms with Gasteiger partial charge in [-0.1, -0.05) is 32.9 Å². The molecule has 0 aliphatic heterocycles. The molecule has 0 aliphatic carbocycles. The molecule has 6 aromatic rings. The van der Waals surface area contributed by atoms with Crippen LogP contribution >= 0.6 is 0 Å². The molecule has 62 heavy (non-hydrogen) atoms. The maximum atomic E-state index is 13.8. The summed E-state index contributed by atoms with van der Waals surface area (Å²) in [6.45, 7) is 20.5. The van der Waals surface area contributed by atoms with E-state index in [9.17, 15) is 19.2 Å². The number of allylic oxidation sites excluding steroid dienone is 2. The molecule has 0 atom stereocenters. The number of nitrogens with zero attached hydrogens (tertiary/aromatic N) is 8. The number of hydrogen-bond donors (Lipinski definition) is 4. The number of carbonyl (C=O) groups is 4. The number of aromatic nitrogens is 8. The Bertz CT molecular complexity index is 2700. The minimum absolute atomic E-state index is 0.0532. The summed E-state index contributed by atoms with van der Waals surface area (Å²) in [6.07, 6.45) is 4.34. The molecule has 0 unspecified atom stereocenters. The molecule has 4 aromatic heterocycles. The first kappa shape index (κ1) is 44.9. The maximum absolute atomic E-state index is 13.8. The molecule has 328 valence electrons. The second-order valence-corrected chi connectivity index (χ2v) is 21.3. The normalized spacial score (nSPS) is 12.1. The number of aryl methyl sites for hydroxylation is 4. The van der Waals surface area contributed by atoms with Gasteiger partial charge in [-0.3, -0.25) is 39.2 Å². The number of benzene rings is 2. The Labute approximate surface area is 360 Å². The van der Waals surface area contributed by atoms with Crippen molar-refractivity contribution in [1.82, 2.24) is 38.7 Å². The van der Waals surface area contributed by atoms with E-state index in [4.69, 9.17) is 25.6 Å². The van der Waals surface area contributed by atoms with E-state index >= 15 is 0 Å². The molecule has 6 N–H and O–H groups in total. The molecule has 0 bridgehead atoms. The van der Waals surface area contributed by atoms with Crippen molar-refractivity contribution in [2.45, 2.75) is 99.2 Å². The van der Waals surface area contributed by atoms with E-state index in [1.807, 2.05) is 39.8 Å². The van der Waals surface area contributed by atoms with Gasteiger partial charge in [-0.05, 0) is 88.3 Å². The van der Waals surface area contributed by atoms with Crippen LogP contribution in [0, 0.1) is 13.8 Å². The molecular weight excluding hydrogens is 809 g/mol. The molecule has 6 rings (SSSR count). The van der Waals surface area contributed by atoms with Crippen LogP contribution in [0.4, 0.5) is 11.9 Å². The average molecular weight is 865 g/mol. The Morgan fingerprint density at radius 3 is 1.82 bits per heavy atom. The molecule has 0 saturated heterocycles. The number of nitrogens with two attached hydrogens (primary N) is 2. The third kappa shape index (κ3) is 9.63. The summed E-state index contributed by atoms with van der Waals surface area (Å²) in [6, 6.07) is 11.5. The van der Waals surface area contributed by atoms with Gasteiger partial charge in [0.05, 0.1) is 34.5 Å². The summed E-state index contributed by atoms with van der Waals surface area (Å²) >= 11 is 0. The van der Waals surface area contributed by atoms with Crippen molar-refractivity contribution in [3.05, 3.63) is 88.5 Å². The highest BCUT2D eigenvalue weighted by Gasteiger charge is 2.37. The third-order valence-corrected chi connectivity index (χ3v) is 15.5. The van der Waals surface area contributed by atoms with Gasteiger partial charge in [-0.25, -0.2) is 9.97 Å². The number of hydrogen-bond acceptors (Lipinski definition) is 10. The summed E-state index contributed by atoms with van der Waals surface area (Å²) in [7, 11) is -1.98. The van der Waals surface area contributed by atoms with Gasteiger partial charge in [0.1, 0.15) is 22.7 Å². The van der Waals surface area contributed by atoms with Gasteiger partial charge in [-0.15, -0.1) is 0 Å². The predicted octanol–water partition coefficient (Wildman–Crippen LogP) is 6.19. The van der Waals surface area contributed by atoms with Gasteiger partial charge >= 0.3 is 0 Å². The molecular formula is C43H56N12O6Si. The Morgan fingerprint density at radius 2 is 1.27 bits per heavy atom. The summed E-state index contributed by atoms with van der Waals surface area (Å²) < 4.78 is 19.5. The number of rotatable bonds is 18. The first-order chi connectivity index (χ1) is 29.3. The van der Waals surface area contributed by atoms with Crippen LogP contribution in [-0.2, 0) is 30.6 Å². The van der Waals surface area contributed by atoms with E-state index in [1.54, 1.807) is 61.0 Å². The van der Waals surface area contributed by atoms with E-state index in [1.165, 1.54) is 0 Å². The van der Waals surface area contributed by atoms with Crippen LogP contribution in [0.5, 0.6) is 5.75 Å². The molecule has 2 aromatic carbocycles. The zero-order chi connectivity index (χ0) is 45.1. The first-order valence-electron chi connectivity index (χ1n) is 20.6. The number of primary amides is 2. The van der Waals surface area contributed by atoms with Crippen LogP contribution < -0.4 is 26.8 Å². The summed E-state index contributed by atoms with van der Waals surface area (Å²) in [5.74, 6) is -1.29. The molecule has 19 heteroatoms. The highest BCUT2D eigenvalue weighted by Crippen LogP contribution is 2.37. The monoisotopic (exact) mass is 864 g/mol. The van der Waals surface area contributed by atoms with E-state index in [2.05, 4.69) is 59.7 Å². The van der Waals surface area contributed by atoms with Gasteiger partial charge in [-0.2, -0.15) is 10.2 Å². The maximum Gasteiger partial charge on any atom is 0.276 e. The number of nitrogens with one attached hydrogen (secondary N) is 2. The van der Waals surface area contributed by atoms with Crippen LogP contribution in [0.25, 0.3) is 22.1 Å². The number of carbonyl (C=O) groups excluding carboxylic acids is 4. The van der Waals surface area contributed by atoms with Crippen LogP contribution in [-0.4, -0.2) is 83.8 Å². The second-order valence-electron chi connectivity index (χ2n) is 16.5. The number of fused-ring (bicyclic) bond motifs is 2. The number of anilines is 2. The summed E-state index contributed by atoms with van der Waals surface area (Å²) in [4.78, 5) is 61.4. The highest BCUT2D eigenvalue weighted by molar-refractivity contribution is 6.74. The van der Waals surface area contributed by atoms with Crippen LogP contribution in [0.1, 0.15) is 94.1 Å². The molecule has 18 nitrogen and oxygen atoms in total. The minimum atomic E-state index is -1.98. The Kier molecular flexibility index (Phi) is 13.2. The van der Waals surface area contributed by atoms with Crippen molar-refractivity contribution in [3.63, 3.8) is 0 Å². The largest absolute Gasteiger partial charge is 0.491 e. The van der Waals surface area contributed by atoms with Gasteiger partial charge in [0, 0.05) is 50.3 Å². The van der Waals surface area contributed by atoms with Crippen molar-refractivity contribution in [2.24, 2.45) is 11.5 Å². The van der Waals surface area contributed by atoms with Gasteiger partial charge < -0.3 is 29.8 Å². The minimum Gasteiger partial charge on any atom is -0.491 e. The lowest BCUT2D eigenvalue weighted by atomic mass is 10.1. The van der Waals surface area contributed by atoms with E-state index < -0.39 is 31.9 Å². The van der Waals surface area contributed by atoms with Crippen LogP contribution in [0.3, 0.4) is 0 Å². The molecule has 0 radical (unpaired) electrons. The highest BCUT2D eigenvalue weighted by atomic mass is 28.4. The van der Waals surface area contributed by atoms with Crippen molar-refractivity contribution < 1.29 is 28.3 Å². The fraction of sp³-hybridized carbons (Fsp3) is 0.395. The SMILES string of the molecule is CCn1nc(C)cc1C(=O)Nc1nc2cc(C(N)=O)ccc2n1CC=CCn1c(NC(=O)c2cc(C)nn2CC)nc2cc(C(N)=O)cc(OCCCO[Si](C)(C)C(C)(C)C)c21. The van der Waals surface area contributed by atoms with Gasteiger partial charge in [0.25, 0.3) is 11.8 Å². The van der Waals surface area contributed by atoms with Crippen molar-refractivity contribution in [3.8, 4) is 5.75 Å². The lowest BCUT2D eigenvalue weighted by molar-refractivity contribution is 0.0992. The predicted molar refractivity (Wildman–Crippen MR) is 240 cm³/mol. The summed E-state index contributed by atoms with van der Waals surface area (Å²) in [5, 5.41) is 14.8. The Hall–Kier alpha value is -6.60. The van der Waals surface area contributed by atoms with Crippen LogP contribution in [0.15, 0.2) is 54.6 Å². The lowest BCUT2D eigenvalue weighted by Crippen LogP contribution is -2.41. The summed E-state index contributed by atoms with van der Waals surface area (Å²) in [5.41, 5.74) is 16.0. The third-order valence-electron chi connectivity index (χ3n) is 11.0. The van der Waals surface area contributed by atoms with Crippen LogP contribution in [0.2, 0.25) is 18.1 Å². The zero-order valence-corrected chi connectivity index (χ0v) is 37.8. The molecule has 0 spiro atoms. The van der Waals surface area contributed by atoms with E-state index in [-0.39, 0.29) is 47.8 Å². The van der Waals surface area contributed by atoms with E-state index in [0.717, 1.165) is 0 Å². The second kappa shape index (κ2) is 18.2. The first-order valence-corrected chi connectivity index (χ1v) is 23.5. The zero-order valence-electron chi connectivity index (χ0n) is 36.8. The molecule has 0 saturated carbocycles.